The highest BCUT2D eigenvalue weighted by molar-refractivity contribution is 7.92. The van der Waals surface area contributed by atoms with Crippen LogP contribution < -0.4 is 9.21 Å². The average molecular weight is 373 g/mol. The molecule has 0 radical (unpaired) electrons. The summed E-state index contributed by atoms with van der Waals surface area (Å²) in [6.45, 7) is -0.233. The molecule has 0 fully saturated rings. The molecule has 0 bridgehead atoms. The number of hydrogen-bond donors (Lipinski definition) is 0. The molecule has 1 heterocycles. The minimum Gasteiger partial charge on any atom is -0.378 e. The fourth-order valence-corrected chi connectivity index (χ4v) is 3.57. The highest BCUT2D eigenvalue weighted by Gasteiger charge is 2.38. The van der Waals surface area contributed by atoms with Crippen LogP contribution in [0.3, 0.4) is 0 Å². The van der Waals surface area contributed by atoms with E-state index in [1.165, 1.54) is 24.5 Å². The number of anilines is 2. The normalized spacial score (nSPS) is 12.0. The average Bonchev–Trinajstić information content (AvgIpc) is 2.51. The van der Waals surface area contributed by atoms with Crippen LogP contribution in [0.1, 0.15) is 5.56 Å². The fourth-order valence-electron chi connectivity index (χ4n) is 2.22. The van der Waals surface area contributed by atoms with E-state index in [2.05, 4.69) is 4.98 Å². The summed E-state index contributed by atoms with van der Waals surface area (Å²) >= 11 is 0. The Morgan fingerprint density at radius 3 is 2.32 bits per heavy atom. The van der Waals surface area contributed by atoms with Crippen molar-refractivity contribution in [3.63, 3.8) is 0 Å². The Morgan fingerprint density at radius 1 is 1.08 bits per heavy atom. The van der Waals surface area contributed by atoms with E-state index < -0.39 is 22.0 Å². The number of sulfonamides is 1. The van der Waals surface area contributed by atoms with E-state index in [1.54, 1.807) is 43.3 Å². The van der Waals surface area contributed by atoms with Crippen molar-refractivity contribution in [2.75, 3.05) is 29.1 Å². The molecule has 0 N–H and O–H groups in total. The molecule has 136 valence electrons. The van der Waals surface area contributed by atoms with Crippen molar-refractivity contribution in [3.8, 4) is 0 Å². The van der Waals surface area contributed by atoms with E-state index in [-0.39, 0.29) is 12.2 Å². The van der Waals surface area contributed by atoms with Crippen LogP contribution in [0.25, 0.3) is 0 Å². The number of hydrogen-bond acceptors (Lipinski definition) is 4. The predicted octanol–water partition coefficient (Wildman–Crippen LogP) is 3.05. The van der Waals surface area contributed by atoms with Crippen LogP contribution in [-0.2, 0) is 16.6 Å². The minimum atomic E-state index is -4.83. The van der Waals surface area contributed by atoms with E-state index >= 15 is 0 Å². The van der Waals surface area contributed by atoms with Crippen LogP contribution in [0.5, 0.6) is 0 Å². The van der Waals surface area contributed by atoms with Gasteiger partial charge in [-0.05, 0) is 29.8 Å². The van der Waals surface area contributed by atoms with Crippen LogP contribution >= 0.6 is 0 Å². The summed E-state index contributed by atoms with van der Waals surface area (Å²) in [5.74, 6) is -1.92. The number of nitrogens with zero attached hydrogens (tertiary/aromatic N) is 3. The predicted molar refractivity (Wildman–Crippen MR) is 91.0 cm³/mol. The Hall–Kier alpha value is -2.29. The van der Waals surface area contributed by atoms with Crippen molar-refractivity contribution in [1.82, 2.24) is 4.98 Å². The second-order valence-corrected chi connectivity index (χ2v) is 7.55. The summed E-state index contributed by atoms with van der Waals surface area (Å²) in [7, 11) is -1.09. The molecule has 1 aromatic heterocycles. The van der Waals surface area contributed by atoms with Crippen molar-refractivity contribution < 1.29 is 21.6 Å². The molecule has 0 aliphatic carbocycles. The SMILES string of the molecule is CN(C)c1cccc(N(Cc2cccnc2)S(=O)(=O)CC(F)(F)F)c1. The van der Waals surface area contributed by atoms with Crippen LogP contribution in [0.4, 0.5) is 24.5 Å². The van der Waals surface area contributed by atoms with Gasteiger partial charge in [0.05, 0.1) is 12.2 Å². The molecule has 1 aromatic carbocycles. The molecule has 0 atom stereocenters. The van der Waals surface area contributed by atoms with Gasteiger partial charge >= 0.3 is 6.18 Å². The number of halogens is 3. The Morgan fingerprint density at radius 2 is 1.76 bits per heavy atom. The van der Waals surface area contributed by atoms with Gasteiger partial charge in [0.15, 0.2) is 5.75 Å². The molecular formula is C16H18F3N3O2S. The number of benzene rings is 1. The lowest BCUT2D eigenvalue weighted by Crippen LogP contribution is -2.37. The largest absolute Gasteiger partial charge is 0.404 e. The van der Waals surface area contributed by atoms with Crippen LogP contribution in [0.15, 0.2) is 48.8 Å². The molecule has 0 saturated carbocycles. The second kappa shape index (κ2) is 7.30. The van der Waals surface area contributed by atoms with E-state index in [4.69, 9.17) is 0 Å². The molecule has 0 aliphatic rings. The first-order valence-corrected chi connectivity index (χ1v) is 8.93. The maximum absolute atomic E-state index is 12.7. The quantitative estimate of drug-likeness (QED) is 0.781. The molecule has 25 heavy (non-hydrogen) atoms. The Balaban J connectivity index is 2.47. The Kier molecular flexibility index (Phi) is 5.56. The molecule has 2 rings (SSSR count). The van der Waals surface area contributed by atoms with Gasteiger partial charge in [-0.15, -0.1) is 0 Å². The topological polar surface area (TPSA) is 53.5 Å². The smallest absolute Gasteiger partial charge is 0.378 e. The molecule has 9 heteroatoms. The van der Waals surface area contributed by atoms with Gasteiger partial charge in [0.2, 0.25) is 10.0 Å². The monoisotopic (exact) mass is 373 g/mol. The lowest BCUT2D eigenvalue weighted by Gasteiger charge is -2.26. The van der Waals surface area contributed by atoms with Gasteiger partial charge in [0.1, 0.15) is 0 Å². The number of pyridine rings is 1. The fraction of sp³-hybridized carbons (Fsp3) is 0.312. The summed E-state index contributed by atoms with van der Waals surface area (Å²) in [6, 6.07) is 9.55. The third kappa shape index (κ3) is 5.35. The van der Waals surface area contributed by atoms with Gasteiger partial charge in [0.25, 0.3) is 0 Å². The standard InChI is InChI=1S/C16H18F3N3O2S/c1-21(2)14-6-3-7-15(9-14)22(11-13-5-4-8-20-10-13)25(23,24)12-16(17,18)19/h3-10H,11-12H2,1-2H3. The van der Waals surface area contributed by atoms with Crippen molar-refractivity contribution in [3.05, 3.63) is 54.4 Å². The molecule has 0 saturated heterocycles. The van der Waals surface area contributed by atoms with Crippen LogP contribution in [0, 0.1) is 0 Å². The van der Waals surface area contributed by atoms with Crippen LogP contribution in [-0.4, -0.2) is 39.4 Å². The maximum Gasteiger partial charge on any atom is 0.404 e. The highest BCUT2D eigenvalue weighted by Crippen LogP contribution is 2.28. The molecule has 0 spiro atoms. The maximum atomic E-state index is 12.7. The van der Waals surface area contributed by atoms with E-state index in [0.29, 0.717) is 11.3 Å². The zero-order valence-electron chi connectivity index (χ0n) is 13.7. The third-order valence-electron chi connectivity index (χ3n) is 3.36. The molecule has 5 nitrogen and oxygen atoms in total. The van der Waals surface area contributed by atoms with E-state index in [9.17, 15) is 21.6 Å². The second-order valence-electron chi connectivity index (χ2n) is 5.65. The summed E-state index contributed by atoms with van der Waals surface area (Å²) in [6.07, 6.45) is -1.90. The third-order valence-corrected chi connectivity index (χ3v) is 5.07. The van der Waals surface area contributed by atoms with Crippen LogP contribution in [0.2, 0.25) is 0 Å². The first kappa shape index (κ1) is 19.0. The highest BCUT2D eigenvalue weighted by atomic mass is 32.2. The number of rotatable bonds is 6. The zero-order valence-corrected chi connectivity index (χ0v) is 14.5. The van der Waals surface area contributed by atoms with Gasteiger partial charge in [-0.1, -0.05) is 12.1 Å². The summed E-state index contributed by atoms with van der Waals surface area (Å²) in [5, 5.41) is 0. The lowest BCUT2D eigenvalue weighted by molar-refractivity contribution is -0.106. The zero-order chi connectivity index (χ0) is 18.7. The molecule has 0 aliphatic heterocycles. The lowest BCUT2D eigenvalue weighted by atomic mass is 10.2. The Bertz CT molecular complexity index is 809. The van der Waals surface area contributed by atoms with Gasteiger partial charge in [-0.25, -0.2) is 8.42 Å². The molecule has 2 aromatic rings. The van der Waals surface area contributed by atoms with E-state index in [1.807, 2.05) is 0 Å². The van der Waals surface area contributed by atoms with Gasteiger partial charge in [-0.3, -0.25) is 9.29 Å². The first-order valence-electron chi connectivity index (χ1n) is 7.32. The van der Waals surface area contributed by atoms with Crippen molar-refractivity contribution in [2.24, 2.45) is 0 Å². The summed E-state index contributed by atoms with van der Waals surface area (Å²) < 4.78 is 63.8. The minimum absolute atomic E-state index is 0.166. The number of alkyl halides is 3. The van der Waals surface area contributed by atoms with Gasteiger partial charge < -0.3 is 4.90 Å². The molecule has 0 unspecified atom stereocenters. The summed E-state index contributed by atoms with van der Waals surface area (Å²) in [4.78, 5) is 5.62. The number of aromatic nitrogens is 1. The van der Waals surface area contributed by atoms with E-state index in [0.717, 1.165) is 4.31 Å². The molecular weight excluding hydrogens is 355 g/mol. The van der Waals surface area contributed by atoms with Gasteiger partial charge in [-0.2, -0.15) is 13.2 Å². The summed E-state index contributed by atoms with van der Waals surface area (Å²) in [5.41, 5.74) is 1.33. The van der Waals surface area contributed by atoms with Crippen molar-refractivity contribution in [2.45, 2.75) is 12.7 Å². The molecule has 0 amide bonds. The van der Waals surface area contributed by atoms with Crippen molar-refractivity contribution >= 4 is 21.4 Å². The first-order chi connectivity index (χ1) is 11.6. The Labute approximate surface area is 144 Å². The van der Waals surface area contributed by atoms with Crippen molar-refractivity contribution in [1.29, 1.82) is 0 Å². The van der Waals surface area contributed by atoms with Gasteiger partial charge in [0, 0.05) is 32.2 Å².